The predicted octanol–water partition coefficient (Wildman–Crippen LogP) is 5.04. The fourth-order valence-corrected chi connectivity index (χ4v) is 3.07. The van der Waals surface area contributed by atoms with Gasteiger partial charge >= 0.3 is 6.18 Å². The van der Waals surface area contributed by atoms with Gasteiger partial charge in [-0.05, 0) is 37.1 Å². The van der Waals surface area contributed by atoms with Crippen LogP contribution in [0.25, 0.3) is 10.9 Å². The molecular formula is C20H21F3N4. The summed E-state index contributed by atoms with van der Waals surface area (Å²) in [6.07, 6.45) is -2.27. The molecule has 0 saturated heterocycles. The van der Waals surface area contributed by atoms with Gasteiger partial charge in [-0.2, -0.15) is 13.2 Å². The highest BCUT2D eigenvalue weighted by Gasteiger charge is 2.33. The van der Waals surface area contributed by atoms with E-state index in [1.54, 1.807) is 0 Å². The molecule has 7 heteroatoms. The van der Waals surface area contributed by atoms with Gasteiger partial charge in [-0.3, -0.25) is 4.98 Å². The largest absolute Gasteiger partial charge is 0.419 e. The van der Waals surface area contributed by atoms with Gasteiger partial charge in [0.15, 0.2) is 0 Å². The van der Waals surface area contributed by atoms with Crippen LogP contribution < -0.4 is 10.6 Å². The van der Waals surface area contributed by atoms with Gasteiger partial charge in [0.1, 0.15) is 5.82 Å². The zero-order chi connectivity index (χ0) is 19.4. The van der Waals surface area contributed by atoms with Crippen LogP contribution in [0.1, 0.15) is 23.7 Å². The normalized spacial score (nSPS) is 11.6. The third kappa shape index (κ3) is 4.13. The van der Waals surface area contributed by atoms with Gasteiger partial charge in [0.05, 0.1) is 11.1 Å². The molecule has 3 rings (SSSR count). The zero-order valence-corrected chi connectivity index (χ0v) is 15.2. The molecule has 27 heavy (non-hydrogen) atoms. The number of aryl methyl sites for hydroxylation is 1. The average Bonchev–Trinajstić information content (AvgIpc) is 2.65. The third-order valence-corrected chi connectivity index (χ3v) is 4.40. The van der Waals surface area contributed by atoms with Crippen molar-refractivity contribution in [3.63, 3.8) is 0 Å². The van der Waals surface area contributed by atoms with Crippen molar-refractivity contribution in [2.24, 2.45) is 0 Å². The molecule has 0 fully saturated rings. The number of fused-ring (bicyclic) bond motifs is 1. The Morgan fingerprint density at radius 3 is 2.48 bits per heavy atom. The van der Waals surface area contributed by atoms with Crippen LogP contribution in [0.15, 0.2) is 42.6 Å². The highest BCUT2D eigenvalue weighted by atomic mass is 19.4. The number of alkyl halides is 3. The average molecular weight is 374 g/mol. The topological polar surface area (TPSA) is 49.8 Å². The molecule has 4 nitrogen and oxygen atoms in total. The standard InChI is InChI=1S/C20H21F3N4/c1-3-16-13(2)18(14-7-4-5-9-17(14)27-16)24-11-12-26-19-15(20(21,22)23)8-6-10-25-19/h4-10H,3,11-12H2,1-2H3,(H,24,27)(H,25,26). The van der Waals surface area contributed by atoms with Gasteiger partial charge in [0.2, 0.25) is 0 Å². The van der Waals surface area contributed by atoms with E-state index in [2.05, 4.69) is 27.5 Å². The lowest BCUT2D eigenvalue weighted by molar-refractivity contribution is -0.137. The van der Waals surface area contributed by atoms with Crippen molar-refractivity contribution in [2.75, 3.05) is 23.7 Å². The van der Waals surface area contributed by atoms with Crippen molar-refractivity contribution < 1.29 is 13.2 Å². The van der Waals surface area contributed by atoms with E-state index in [0.717, 1.165) is 40.3 Å². The monoisotopic (exact) mass is 374 g/mol. The molecule has 3 aromatic rings. The fourth-order valence-electron chi connectivity index (χ4n) is 3.07. The predicted molar refractivity (Wildman–Crippen MR) is 102 cm³/mol. The van der Waals surface area contributed by atoms with Crippen molar-refractivity contribution in [3.8, 4) is 0 Å². The summed E-state index contributed by atoms with van der Waals surface area (Å²) in [7, 11) is 0. The second-order valence-corrected chi connectivity index (χ2v) is 6.18. The lowest BCUT2D eigenvalue weighted by atomic mass is 10.1. The molecule has 0 unspecified atom stereocenters. The number of rotatable bonds is 6. The van der Waals surface area contributed by atoms with Gasteiger partial charge in [-0.1, -0.05) is 25.1 Å². The smallest absolute Gasteiger partial charge is 0.382 e. The van der Waals surface area contributed by atoms with Crippen molar-refractivity contribution in [2.45, 2.75) is 26.4 Å². The summed E-state index contributed by atoms with van der Waals surface area (Å²) in [5.74, 6) is -0.155. The number of para-hydroxylation sites is 1. The third-order valence-electron chi connectivity index (χ3n) is 4.40. The highest BCUT2D eigenvalue weighted by Crippen LogP contribution is 2.33. The maximum atomic E-state index is 13.0. The van der Waals surface area contributed by atoms with Crippen molar-refractivity contribution >= 4 is 22.4 Å². The first-order valence-electron chi connectivity index (χ1n) is 8.80. The number of nitrogens with one attached hydrogen (secondary N) is 2. The van der Waals surface area contributed by atoms with E-state index in [0.29, 0.717) is 13.1 Å². The Hall–Kier alpha value is -2.83. The van der Waals surface area contributed by atoms with Crippen LogP contribution in [0.2, 0.25) is 0 Å². The first kappa shape index (κ1) is 18.9. The number of nitrogens with zero attached hydrogens (tertiary/aromatic N) is 2. The van der Waals surface area contributed by atoms with Crippen molar-refractivity contribution in [3.05, 3.63) is 59.4 Å². The van der Waals surface area contributed by atoms with E-state index in [1.165, 1.54) is 12.3 Å². The number of aromatic nitrogens is 2. The molecule has 0 radical (unpaired) electrons. The summed E-state index contributed by atoms with van der Waals surface area (Å²) in [6.45, 7) is 4.81. The maximum Gasteiger partial charge on any atom is 0.419 e. The van der Waals surface area contributed by atoms with E-state index in [4.69, 9.17) is 0 Å². The summed E-state index contributed by atoms with van der Waals surface area (Å²) < 4.78 is 39.1. The molecule has 0 aliphatic carbocycles. The first-order chi connectivity index (χ1) is 12.9. The Labute approximate surface area is 155 Å². The summed E-state index contributed by atoms with van der Waals surface area (Å²) in [6, 6.07) is 10.1. The molecule has 0 aliphatic rings. The first-order valence-corrected chi connectivity index (χ1v) is 8.80. The molecule has 0 spiro atoms. The number of halogens is 3. The minimum absolute atomic E-state index is 0.155. The second kappa shape index (κ2) is 7.82. The van der Waals surface area contributed by atoms with Crippen molar-refractivity contribution in [1.82, 2.24) is 9.97 Å². The van der Waals surface area contributed by atoms with Gasteiger partial charge < -0.3 is 10.6 Å². The van der Waals surface area contributed by atoms with Gasteiger partial charge in [0, 0.05) is 36.1 Å². The molecule has 0 aliphatic heterocycles. The quantitative estimate of drug-likeness (QED) is 0.593. The van der Waals surface area contributed by atoms with Gasteiger partial charge in [-0.25, -0.2) is 4.98 Å². The Balaban J connectivity index is 1.75. The maximum absolute atomic E-state index is 13.0. The van der Waals surface area contributed by atoms with Crippen LogP contribution in [-0.2, 0) is 12.6 Å². The van der Waals surface area contributed by atoms with E-state index in [-0.39, 0.29) is 5.82 Å². The SMILES string of the molecule is CCc1nc2ccccc2c(NCCNc2ncccc2C(F)(F)F)c1C. The van der Waals surface area contributed by atoms with Crippen LogP contribution in [-0.4, -0.2) is 23.1 Å². The van der Waals surface area contributed by atoms with Crippen LogP contribution >= 0.6 is 0 Å². The molecule has 2 aromatic heterocycles. The number of anilines is 2. The van der Waals surface area contributed by atoms with Crippen LogP contribution in [0, 0.1) is 6.92 Å². The summed E-state index contributed by atoms with van der Waals surface area (Å²) in [4.78, 5) is 8.49. The summed E-state index contributed by atoms with van der Waals surface area (Å²) >= 11 is 0. The fraction of sp³-hybridized carbons (Fsp3) is 0.300. The van der Waals surface area contributed by atoms with E-state index >= 15 is 0 Å². The second-order valence-electron chi connectivity index (χ2n) is 6.18. The molecule has 0 saturated carbocycles. The van der Waals surface area contributed by atoms with E-state index in [9.17, 15) is 13.2 Å². The highest BCUT2D eigenvalue weighted by molar-refractivity contribution is 5.93. The molecule has 1 aromatic carbocycles. The Kier molecular flexibility index (Phi) is 5.48. The zero-order valence-electron chi connectivity index (χ0n) is 15.2. The molecule has 2 N–H and O–H groups in total. The minimum atomic E-state index is -4.43. The molecule has 2 heterocycles. The number of hydrogen-bond donors (Lipinski definition) is 2. The summed E-state index contributed by atoms with van der Waals surface area (Å²) in [5, 5.41) is 7.13. The number of pyridine rings is 2. The Bertz CT molecular complexity index is 938. The van der Waals surface area contributed by atoms with Crippen LogP contribution in [0.4, 0.5) is 24.7 Å². The molecule has 142 valence electrons. The summed E-state index contributed by atoms with van der Waals surface area (Å²) in [5.41, 5.74) is 3.18. The lowest BCUT2D eigenvalue weighted by Crippen LogP contribution is -2.18. The van der Waals surface area contributed by atoms with Crippen molar-refractivity contribution in [1.29, 1.82) is 0 Å². The molecule has 0 bridgehead atoms. The van der Waals surface area contributed by atoms with Gasteiger partial charge in [0.25, 0.3) is 0 Å². The van der Waals surface area contributed by atoms with E-state index in [1.807, 2.05) is 31.2 Å². The van der Waals surface area contributed by atoms with Gasteiger partial charge in [-0.15, -0.1) is 0 Å². The lowest BCUT2D eigenvalue weighted by Gasteiger charge is -2.17. The van der Waals surface area contributed by atoms with E-state index < -0.39 is 11.7 Å². The minimum Gasteiger partial charge on any atom is -0.382 e. The Morgan fingerprint density at radius 1 is 1.00 bits per heavy atom. The molecule has 0 atom stereocenters. The number of benzene rings is 1. The molecular weight excluding hydrogens is 353 g/mol. The molecule has 0 amide bonds. The van der Waals surface area contributed by atoms with Crippen LogP contribution in [0.5, 0.6) is 0 Å². The van der Waals surface area contributed by atoms with Crippen LogP contribution in [0.3, 0.4) is 0 Å². The number of hydrogen-bond acceptors (Lipinski definition) is 4. The Morgan fingerprint density at radius 2 is 1.74 bits per heavy atom.